The van der Waals surface area contributed by atoms with Crippen molar-refractivity contribution in [2.45, 2.75) is 26.9 Å². The molecule has 0 saturated carbocycles. The minimum Gasteiger partial charge on any atom is -0.504 e. The van der Waals surface area contributed by atoms with E-state index in [1.165, 1.54) is 19.3 Å². The van der Waals surface area contributed by atoms with Crippen molar-refractivity contribution in [3.8, 4) is 11.5 Å². The van der Waals surface area contributed by atoms with E-state index in [2.05, 4.69) is 10.6 Å². The summed E-state index contributed by atoms with van der Waals surface area (Å²) in [7, 11) is 1.45. The van der Waals surface area contributed by atoms with E-state index in [9.17, 15) is 14.7 Å². The van der Waals surface area contributed by atoms with Gasteiger partial charge in [-0.3, -0.25) is 10.1 Å². The first-order valence-electron chi connectivity index (χ1n) is 11.3. The first-order chi connectivity index (χ1) is 17.1. The van der Waals surface area contributed by atoms with Crippen LogP contribution in [-0.2, 0) is 9.53 Å². The Labute approximate surface area is 210 Å². The summed E-state index contributed by atoms with van der Waals surface area (Å²) in [5.74, 6) is -0.198. The Morgan fingerprint density at radius 3 is 2.36 bits per heavy atom. The lowest BCUT2D eigenvalue weighted by Gasteiger charge is -2.32. The number of aryl methyl sites for hydroxylation is 1. The van der Waals surface area contributed by atoms with Crippen LogP contribution in [0.15, 0.2) is 78.9 Å². The lowest BCUT2D eigenvalue weighted by Crippen LogP contribution is -2.28. The van der Waals surface area contributed by atoms with Gasteiger partial charge in [0.05, 0.1) is 18.5 Å². The van der Waals surface area contributed by atoms with Gasteiger partial charge in [0, 0.05) is 11.1 Å². The fourth-order valence-corrected chi connectivity index (χ4v) is 3.57. The summed E-state index contributed by atoms with van der Waals surface area (Å²) in [6.07, 6.45) is 1.48. The summed E-state index contributed by atoms with van der Waals surface area (Å²) in [5, 5.41) is 15.8. The Morgan fingerprint density at radius 1 is 1.03 bits per heavy atom. The summed E-state index contributed by atoms with van der Waals surface area (Å²) in [4.78, 5) is 25.4. The molecule has 8 nitrogen and oxygen atoms in total. The van der Waals surface area contributed by atoms with Gasteiger partial charge in [-0.2, -0.15) is 0 Å². The van der Waals surface area contributed by atoms with E-state index in [4.69, 9.17) is 15.2 Å². The zero-order valence-corrected chi connectivity index (χ0v) is 20.7. The largest absolute Gasteiger partial charge is 0.504 e. The first kappa shape index (κ1) is 26.2. The highest BCUT2D eigenvalue weighted by Gasteiger charge is 2.33. The molecule has 1 atom stereocenters. The van der Waals surface area contributed by atoms with Crippen LogP contribution in [0.2, 0.25) is 0 Å². The summed E-state index contributed by atoms with van der Waals surface area (Å²) in [6, 6.07) is 19.0. The number of rotatable bonds is 8. The van der Waals surface area contributed by atoms with Crippen molar-refractivity contribution >= 4 is 29.1 Å². The molecule has 2 amide bonds. The molecule has 0 fully saturated rings. The molecule has 0 aromatic heterocycles. The number of phenols is 1. The van der Waals surface area contributed by atoms with Crippen molar-refractivity contribution in [2.24, 2.45) is 5.41 Å². The lowest BCUT2D eigenvalue weighted by atomic mass is 9.82. The second-order valence-corrected chi connectivity index (χ2v) is 8.94. The van der Waals surface area contributed by atoms with Crippen molar-refractivity contribution in [2.75, 3.05) is 23.5 Å². The monoisotopic (exact) mass is 489 g/mol. The molecule has 0 spiro atoms. The molecule has 36 heavy (non-hydrogen) atoms. The Hall–Kier alpha value is -4.46. The number of para-hydroxylation sites is 2. The minimum atomic E-state index is -0.856. The van der Waals surface area contributed by atoms with Crippen molar-refractivity contribution in [3.05, 3.63) is 90.0 Å². The molecule has 0 bridgehead atoms. The highest BCUT2D eigenvalue weighted by atomic mass is 16.6. The number of phenolic OH excluding ortho intramolecular Hbond substituents is 1. The van der Waals surface area contributed by atoms with Gasteiger partial charge in [-0.25, -0.2) is 4.79 Å². The Balaban J connectivity index is 1.85. The number of nitrogen functional groups attached to an aromatic ring is 1. The molecule has 5 N–H and O–H groups in total. The average Bonchev–Trinajstić information content (AvgIpc) is 2.84. The average molecular weight is 490 g/mol. The van der Waals surface area contributed by atoms with Gasteiger partial charge in [-0.1, -0.05) is 55.8 Å². The van der Waals surface area contributed by atoms with Gasteiger partial charge in [-0.05, 0) is 55.0 Å². The number of ether oxygens (including phenoxy) is 2. The first-order valence-corrected chi connectivity index (χ1v) is 11.3. The third kappa shape index (κ3) is 6.79. The summed E-state index contributed by atoms with van der Waals surface area (Å²) >= 11 is 0. The van der Waals surface area contributed by atoms with Gasteiger partial charge >= 0.3 is 6.09 Å². The highest BCUT2D eigenvalue weighted by molar-refractivity contribution is 6.01. The molecule has 3 aromatic carbocycles. The van der Waals surface area contributed by atoms with E-state index in [0.717, 1.165) is 5.56 Å². The predicted octanol–water partition coefficient (Wildman–Crippen LogP) is 5.80. The lowest BCUT2D eigenvalue weighted by molar-refractivity contribution is -0.112. The molecule has 188 valence electrons. The fraction of sp³-hybridized carbons (Fsp3) is 0.214. The van der Waals surface area contributed by atoms with Crippen LogP contribution in [0, 0.1) is 12.3 Å². The maximum atomic E-state index is 12.8. The van der Waals surface area contributed by atoms with Crippen LogP contribution < -0.4 is 21.1 Å². The van der Waals surface area contributed by atoms with Crippen LogP contribution in [-0.4, -0.2) is 24.2 Å². The number of carbonyl (C=O) groups is 2. The normalized spacial score (nSPS) is 12.1. The Morgan fingerprint density at radius 2 is 1.72 bits per heavy atom. The fourth-order valence-electron chi connectivity index (χ4n) is 3.57. The molecule has 0 aliphatic heterocycles. The highest BCUT2D eigenvalue weighted by Crippen LogP contribution is 2.41. The van der Waals surface area contributed by atoms with Crippen molar-refractivity contribution in [1.29, 1.82) is 0 Å². The van der Waals surface area contributed by atoms with Crippen LogP contribution in [0.5, 0.6) is 11.5 Å². The quantitative estimate of drug-likeness (QED) is 0.234. The molecule has 3 aromatic rings. The number of anilines is 3. The van der Waals surface area contributed by atoms with Gasteiger partial charge in [0.1, 0.15) is 6.10 Å². The summed E-state index contributed by atoms with van der Waals surface area (Å²) in [5.41, 5.74) is 8.15. The van der Waals surface area contributed by atoms with E-state index >= 15 is 0 Å². The standard InChI is InChI=1S/C28H31N3O5/c1-18-9-12-20(13-10-18)30-27(34)36-26(19-11-14-24(35-4)23(32)17-19)28(2,3)16-15-25(33)31-22-8-6-5-7-21(22)29/h5-17,26,32H,29H2,1-4H3,(H,30,34)(H,31,33)/b16-15+/t26-/m1/s1. The van der Waals surface area contributed by atoms with Gasteiger partial charge < -0.3 is 25.6 Å². The second-order valence-electron chi connectivity index (χ2n) is 8.94. The molecular formula is C28H31N3O5. The Bertz CT molecular complexity index is 1250. The number of methoxy groups -OCH3 is 1. The van der Waals surface area contributed by atoms with Gasteiger partial charge in [0.25, 0.3) is 0 Å². The van der Waals surface area contributed by atoms with Crippen LogP contribution in [0.3, 0.4) is 0 Å². The van der Waals surface area contributed by atoms with Gasteiger partial charge in [-0.15, -0.1) is 0 Å². The molecule has 0 aliphatic rings. The molecule has 3 rings (SSSR count). The number of nitrogens with one attached hydrogen (secondary N) is 2. The molecule has 0 heterocycles. The van der Waals surface area contributed by atoms with Crippen molar-refractivity contribution in [1.82, 2.24) is 0 Å². The number of benzene rings is 3. The van der Waals surface area contributed by atoms with E-state index in [1.807, 2.05) is 32.9 Å². The molecule has 0 radical (unpaired) electrons. The van der Waals surface area contributed by atoms with E-state index < -0.39 is 17.6 Å². The summed E-state index contributed by atoms with van der Waals surface area (Å²) in [6.45, 7) is 5.59. The van der Waals surface area contributed by atoms with Crippen molar-refractivity contribution in [3.63, 3.8) is 0 Å². The topological polar surface area (TPSA) is 123 Å². The van der Waals surface area contributed by atoms with Crippen LogP contribution >= 0.6 is 0 Å². The molecule has 8 heteroatoms. The number of nitrogens with two attached hydrogens (primary N) is 1. The summed E-state index contributed by atoms with van der Waals surface area (Å²) < 4.78 is 11.0. The third-order valence-electron chi connectivity index (χ3n) is 5.59. The number of hydrogen-bond donors (Lipinski definition) is 4. The number of amides is 2. The number of carbonyl (C=O) groups excluding carboxylic acids is 2. The van der Waals surface area contributed by atoms with Gasteiger partial charge in [0.2, 0.25) is 5.91 Å². The van der Waals surface area contributed by atoms with E-state index in [0.29, 0.717) is 22.6 Å². The van der Waals surface area contributed by atoms with Crippen molar-refractivity contribution < 1.29 is 24.2 Å². The number of hydrogen-bond acceptors (Lipinski definition) is 6. The Kier molecular flexibility index (Phi) is 8.22. The SMILES string of the molecule is COc1ccc([C@@H](OC(=O)Nc2ccc(C)cc2)C(C)(C)/C=C/C(=O)Nc2ccccc2N)cc1O. The van der Waals surface area contributed by atoms with E-state index in [-0.39, 0.29) is 17.4 Å². The van der Waals surface area contributed by atoms with Crippen LogP contribution in [0.1, 0.15) is 31.1 Å². The smallest absolute Gasteiger partial charge is 0.412 e. The minimum absolute atomic E-state index is 0.0976. The van der Waals surface area contributed by atoms with Gasteiger partial charge in [0.15, 0.2) is 11.5 Å². The van der Waals surface area contributed by atoms with Crippen LogP contribution in [0.25, 0.3) is 0 Å². The number of aromatic hydroxyl groups is 1. The van der Waals surface area contributed by atoms with Crippen LogP contribution in [0.4, 0.5) is 21.9 Å². The maximum absolute atomic E-state index is 12.8. The predicted molar refractivity (Wildman–Crippen MR) is 141 cm³/mol. The molecule has 0 unspecified atom stereocenters. The molecule has 0 aliphatic carbocycles. The zero-order valence-electron chi connectivity index (χ0n) is 20.7. The second kappa shape index (κ2) is 11.3. The zero-order chi connectivity index (χ0) is 26.3. The van der Waals surface area contributed by atoms with E-state index in [1.54, 1.807) is 54.6 Å². The molecule has 0 saturated heterocycles. The third-order valence-corrected chi connectivity index (χ3v) is 5.59. The molecular weight excluding hydrogens is 458 g/mol. The maximum Gasteiger partial charge on any atom is 0.412 e.